The first kappa shape index (κ1) is 21.3. The maximum atomic E-state index is 12.1. The monoisotopic (exact) mass is 431 g/mol. The summed E-state index contributed by atoms with van der Waals surface area (Å²) < 4.78 is 50.8. The van der Waals surface area contributed by atoms with Crippen molar-refractivity contribution in [1.29, 1.82) is 0 Å². The van der Waals surface area contributed by atoms with E-state index in [0.29, 0.717) is 29.4 Å². The van der Waals surface area contributed by atoms with Crippen molar-refractivity contribution in [3.8, 4) is 0 Å². The maximum Gasteiger partial charge on any atom is 0.240 e. The molecule has 142 valence electrons. The third-order valence-electron chi connectivity index (χ3n) is 3.36. The van der Waals surface area contributed by atoms with E-state index in [9.17, 15) is 16.8 Å². The SMILES string of the molecule is O=S(=O)(CCCSSCCNS(=O)(=O)c1ccccc1)c1ccccc1. The molecule has 2 aromatic rings. The summed E-state index contributed by atoms with van der Waals surface area (Å²) in [5.41, 5.74) is 0. The minimum absolute atomic E-state index is 0.116. The lowest BCUT2D eigenvalue weighted by Crippen LogP contribution is -2.25. The van der Waals surface area contributed by atoms with Crippen molar-refractivity contribution in [3.05, 3.63) is 60.7 Å². The first-order valence-corrected chi connectivity index (χ1v) is 13.6. The molecule has 0 aromatic heterocycles. The van der Waals surface area contributed by atoms with Crippen molar-refractivity contribution in [2.75, 3.05) is 23.8 Å². The minimum Gasteiger partial charge on any atom is -0.224 e. The van der Waals surface area contributed by atoms with Crippen molar-refractivity contribution in [2.24, 2.45) is 0 Å². The number of sulfone groups is 1. The first-order valence-electron chi connectivity index (χ1n) is 7.99. The highest BCUT2D eigenvalue weighted by Crippen LogP contribution is 2.22. The van der Waals surface area contributed by atoms with E-state index in [-0.39, 0.29) is 10.6 Å². The quantitative estimate of drug-likeness (QED) is 0.435. The topological polar surface area (TPSA) is 80.3 Å². The van der Waals surface area contributed by atoms with Crippen LogP contribution in [-0.4, -0.2) is 40.6 Å². The van der Waals surface area contributed by atoms with Gasteiger partial charge in [-0.25, -0.2) is 21.6 Å². The highest BCUT2D eigenvalue weighted by atomic mass is 33.1. The molecule has 0 aliphatic heterocycles. The molecular formula is C17H21NO4S4. The average Bonchev–Trinajstić information content (AvgIpc) is 2.65. The van der Waals surface area contributed by atoms with E-state index in [0.717, 1.165) is 0 Å². The van der Waals surface area contributed by atoms with Gasteiger partial charge in [0.25, 0.3) is 0 Å². The second-order valence-electron chi connectivity index (χ2n) is 5.34. The average molecular weight is 432 g/mol. The summed E-state index contributed by atoms with van der Waals surface area (Å²) in [4.78, 5) is 0.608. The molecule has 26 heavy (non-hydrogen) atoms. The van der Waals surface area contributed by atoms with Gasteiger partial charge in [-0.3, -0.25) is 0 Å². The van der Waals surface area contributed by atoms with Gasteiger partial charge in [-0.2, -0.15) is 0 Å². The van der Waals surface area contributed by atoms with Gasteiger partial charge in [-0.05, 0) is 30.7 Å². The fraction of sp³-hybridized carbons (Fsp3) is 0.294. The zero-order chi connectivity index (χ0) is 18.9. The molecule has 2 rings (SSSR count). The summed E-state index contributed by atoms with van der Waals surface area (Å²) in [5, 5.41) is 0. The molecule has 9 heteroatoms. The summed E-state index contributed by atoms with van der Waals surface area (Å²) in [7, 11) is -3.60. The van der Waals surface area contributed by atoms with E-state index in [1.165, 1.54) is 10.8 Å². The van der Waals surface area contributed by atoms with Crippen LogP contribution in [0.2, 0.25) is 0 Å². The van der Waals surface area contributed by atoms with Gasteiger partial charge in [0, 0.05) is 18.1 Å². The van der Waals surface area contributed by atoms with Crippen LogP contribution in [0.25, 0.3) is 0 Å². The predicted molar refractivity (Wildman–Crippen MR) is 110 cm³/mol. The number of nitrogens with one attached hydrogen (secondary N) is 1. The Balaban J connectivity index is 1.60. The number of hydrogen-bond acceptors (Lipinski definition) is 6. The Bertz CT molecular complexity index is 794. The smallest absolute Gasteiger partial charge is 0.224 e. The molecule has 0 spiro atoms. The Kier molecular flexibility index (Phi) is 8.49. The van der Waals surface area contributed by atoms with Gasteiger partial charge in [0.1, 0.15) is 0 Å². The molecule has 0 unspecified atom stereocenters. The summed E-state index contributed by atoms with van der Waals surface area (Å²) in [6, 6.07) is 16.7. The van der Waals surface area contributed by atoms with Crippen LogP contribution in [0.1, 0.15) is 6.42 Å². The molecule has 0 amide bonds. The van der Waals surface area contributed by atoms with E-state index in [1.807, 2.05) is 0 Å². The summed E-state index contributed by atoms with van der Waals surface area (Å²) in [6.45, 7) is 0.331. The van der Waals surface area contributed by atoms with Crippen LogP contribution in [0.5, 0.6) is 0 Å². The fourth-order valence-corrected chi connectivity index (χ4v) is 6.76. The largest absolute Gasteiger partial charge is 0.240 e. The van der Waals surface area contributed by atoms with E-state index >= 15 is 0 Å². The van der Waals surface area contributed by atoms with Crippen LogP contribution >= 0.6 is 21.6 Å². The molecule has 0 heterocycles. The van der Waals surface area contributed by atoms with E-state index in [1.54, 1.807) is 71.5 Å². The van der Waals surface area contributed by atoms with Crippen LogP contribution in [-0.2, 0) is 19.9 Å². The van der Waals surface area contributed by atoms with Gasteiger partial charge < -0.3 is 0 Å². The normalized spacial score (nSPS) is 12.2. The molecular weight excluding hydrogens is 410 g/mol. The summed E-state index contributed by atoms with van der Waals surface area (Å²) in [5.74, 6) is 1.43. The zero-order valence-electron chi connectivity index (χ0n) is 14.1. The molecule has 0 radical (unpaired) electrons. The number of benzene rings is 2. The lowest BCUT2D eigenvalue weighted by Gasteiger charge is -2.06. The Morgan fingerprint density at radius 3 is 1.88 bits per heavy atom. The lowest BCUT2D eigenvalue weighted by molar-refractivity contribution is 0.584. The van der Waals surface area contributed by atoms with E-state index in [2.05, 4.69) is 4.72 Å². The van der Waals surface area contributed by atoms with Crippen molar-refractivity contribution < 1.29 is 16.8 Å². The minimum atomic E-state index is -3.46. The van der Waals surface area contributed by atoms with Crippen LogP contribution in [0.3, 0.4) is 0 Å². The second-order valence-corrected chi connectivity index (χ2v) is 11.9. The van der Waals surface area contributed by atoms with Crippen molar-refractivity contribution in [3.63, 3.8) is 0 Å². The van der Waals surface area contributed by atoms with Crippen LogP contribution < -0.4 is 4.72 Å². The van der Waals surface area contributed by atoms with Crippen molar-refractivity contribution in [1.82, 2.24) is 4.72 Å². The third kappa shape index (κ3) is 6.96. The summed E-state index contributed by atoms with van der Waals surface area (Å²) >= 11 is 0. The molecule has 2 aromatic carbocycles. The van der Waals surface area contributed by atoms with Gasteiger partial charge in [0.2, 0.25) is 10.0 Å². The number of sulfonamides is 1. The van der Waals surface area contributed by atoms with E-state index < -0.39 is 19.9 Å². The van der Waals surface area contributed by atoms with E-state index in [4.69, 9.17) is 0 Å². The van der Waals surface area contributed by atoms with Crippen LogP contribution in [0.4, 0.5) is 0 Å². The third-order valence-corrected chi connectivity index (χ3v) is 9.14. The lowest BCUT2D eigenvalue weighted by atomic mass is 10.4. The molecule has 0 fully saturated rings. The van der Waals surface area contributed by atoms with Gasteiger partial charge >= 0.3 is 0 Å². The number of hydrogen-bond donors (Lipinski definition) is 1. The fourth-order valence-electron chi connectivity index (χ4n) is 2.07. The Morgan fingerprint density at radius 1 is 0.731 bits per heavy atom. The zero-order valence-corrected chi connectivity index (χ0v) is 17.3. The molecule has 0 saturated heterocycles. The van der Waals surface area contributed by atoms with Gasteiger partial charge in [-0.15, -0.1) is 0 Å². The summed E-state index contributed by atoms with van der Waals surface area (Å²) in [6.07, 6.45) is 0.560. The standard InChI is InChI=1S/C17H21NO4S4/c19-25(20,16-8-3-1-4-9-16)15-7-13-23-24-14-12-18-26(21,22)17-10-5-2-6-11-17/h1-6,8-11,18H,7,12-15H2. The highest BCUT2D eigenvalue weighted by Gasteiger charge is 2.13. The van der Waals surface area contributed by atoms with Gasteiger partial charge in [0.15, 0.2) is 9.84 Å². The highest BCUT2D eigenvalue weighted by molar-refractivity contribution is 8.76. The van der Waals surface area contributed by atoms with Gasteiger partial charge in [-0.1, -0.05) is 58.0 Å². The molecule has 0 saturated carbocycles. The molecule has 0 bridgehead atoms. The second kappa shape index (κ2) is 10.4. The van der Waals surface area contributed by atoms with Gasteiger partial charge in [0.05, 0.1) is 15.5 Å². The van der Waals surface area contributed by atoms with Crippen LogP contribution in [0, 0.1) is 0 Å². The van der Waals surface area contributed by atoms with Crippen LogP contribution in [0.15, 0.2) is 70.5 Å². The first-order chi connectivity index (χ1) is 12.4. The molecule has 1 N–H and O–H groups in total. The molecule has 0 atom stereocenters. The Hall–Kier alpha value is -1.00. The molecule has 0 aliphatic carbocycles. The Labute approximate surface area is 163 Å². The molecule has 5 nitrogen and oxygen atoms in total. The number of rotatable bonds is 11. The maximum absolute atomic E-state index is 12.1. The Morgan fingerprint density at radius 2 is 1.27 bits per heavy atom. The van der Waals surface area contributed by atoms with Crippen molar-refractivity contribution >= 4 is 41.4 Å². The predicted octanol–water partition coefficient (Wildman–Crippen LogP) is 3.21. The molecule has 0 aliphatic rings. The van der Waals surface area contributed by atoms with Crippen molar-refractivity contribution in [2.45, 2.75) is 16.2 Å².